The summed E-state index contributed by atoms with van der Waals surface area (Å²) in [5.74, 6) is 0. The van der Waals surface area contributed by atoms with Gasteiger partial charge < -0.3 is 15.7 Å². The Morgan fingerprint density at radius 2 is 2.33 bits per heavy atom. The van der Waals surface area contributed by atoms with Crippen molar-refractivity contribution in [3.8, 4) is 0 Å². The quantitative estimate of drug-likeness (QED) is 0.779. The fourth-order valence-corrected chi connectivity index (χ4v) is 2.89. The van der Waals surface area contributed by atoms with Gasteiger partial charge in [0.25, 0.3) is 0 Å². The van der Waals surface area contributed by atoms with E-state index in [1.165, 1.54) is 0 Å². The van der Waals surface area contributed by atoms with E-state index in [0.29, 0.717) is 6.54 Å². The van der Waals surface area contributed by atoms with Crippen molar-refractivity contribution in [1.29, 1.82) is 0 Å². The second-order valence-corrected chi connectivity index (χ2v) is 5.95. The Morgan fingerprint density at radius 3 is 3.00 bits per heavy atom. The molecule has 0 aliphatic heterocycles. The Morgan fingerprint density at radius 1 is 1.56 bits per heavy atom. The number of nitrogens with zero attached hydrogens (tertiary/aromatic N) is 1. The normalized spacial score (nSPS) is 23.7. The molecule has 0 bridgehead atoms. The monoisotopic (exact) mass is 269 g/mol. The third kappa shape index (κ3) is 3.68. The lowest BCUT2D eigenvalue weighted by Crippen LogP contribution is -2.48. The number of aryl methyl sites for hydroxylation is 1. The van der Waals surface area contributed by atoms with E-state index in [2.05, 4.69) is 15.6 Å². The van der Waals surface area contributed by atoms with Gasteiger partial charge in [0, 0.05) is 11.1 Å². The molecule has 5 nitrogen and oxygen atoms in total. The number of hydrogen-bond acceptors (Lipinski definition) is 4. The topological polar surface area (TPSA) is 74.2 Å². The molecule has 100 valence electrons. The number of hydrogen-bond donors (Lipinski definition) is 3. The van der Waals surface area contributed by atoms with Gasteiger partial charge in [0.2, 0.25) is 0 Å². The molecule has 1 saturated carbocycles. The largest absolute Gasteiger partial charge is 0.391 e. The van der Waals surface area contributed by atoms with Crippen LogP contribution in [0.3, 0.4) is 0 Å². The average Bonchev–Trinajstić information content (AvgIpc) is 2.76. The first-order valence-electron chi connectivity index (χ1n) is 6.29. The van der Waals surface area contributed by atoms with E-state index in [4.69, 9.17) is 0 Å². The van der Waals surface area contributed by atoms with E-state index in [-0.39, 0.29) is 12.1 Å². The maximum Gasteiger partial charge on any atom is 0.315 e. The molecule has 1 heterocycles. The molecule has 2 rings (SSSR count). The summed E-state index contributed by atoms with van der Waals surface area (Å²) in [4.78, 5) is 16.9. The van der Waals surface area contributed by atoms with Crippen molar-refractivity contribution in [1.82, 2.24) is 15.6 Å². The fourth-order valence-electron chi connectivity index (χ4n) is 2.15. The molecule has 2 atom stereocenters. The van der Waals surface area contributed by atoms with E-state index in [0.717, 1.165) is 35.6 Å². The molecule has 6 heteroatoms. The average molecular weight is 269 g/mol. The first-order chi connectivity index (χ1) is 8.65. The second kappa shape index (κ2) is 6.15. The summed E-state index contributed by atoms with van der Waals surface area (Å²) in [5.41, 5.74) is 0. The highest BCUT2D eigenvalue weighted by atomic mass is 32.1. The summed E-state index contributed by atoms with van der Waals surface area (Å²) in [6.07, 6.45) is 5.11. The highest BCUT2D eigenvalue weighted by Crippen LogP contribution is 2.18. The number of aromatic nitrogens is 1. The molecule has 0 radical (unpaired) electrons. The van der Waals surface area contributed by atoms with Gasteiger partial charge in [-0.15, -0.1) is 11.3 Å². The first kappa shape index (κ1) is 13.3. The van der Waals surface area contributed by atoms with Gasteiger partial charge in [0.15, 0.2) is 0 Å². The van der Waals surface area contributed by atoms with Crippen LogP contribution in [0.5, 0.6) is 0 Å². The minimum atomic E-state index is -0.407. The summed E-state index contributed by atoms with van der Waals surface area (Å²) in [7, 11) is 0. The van der Waals surface area contributed by atoms with E-state index in [9.17, 15) is 9.90 Å². The molecule has 2 amide bonds. The number of nitrogens with one attached hydrogen (secondary N) is 2. The molecule has 18 heavy (non-hydrogen) atoms. The summed E-state index contributed by atoms with van der Waals surface area (Å²) in [5, 5.41) is 16.4. The Labute approximate surface area is 111 Å². The summed E-state index contributed by atoms with van der Waals surface area (Å²) >= 11 is 1.57. The van der Waals surface area contributed by atoms with Crippen molar-refractivity contribution in [3.05, 3.63) is 16.1 Å². The predicted octanol–water partition coefficient (Wildman–Crippen LogP) is 1.55. The highest BCUT2D eigenvalue weighted by Gasteiger charge is 2.24. The Balaban J connectivity index is 1.74. The Bertz CT molecular complexity index is 408. The molecular weight excluding hydrogens is 250 g/mol. The van der Waals surface area contributed by atoms with Crippen LogP contribution >= 0.6 is 11.3 Å². The third-order valence-electron chi connectivity index (χ3n) is 3.14. The van der Waals surface area contributed by atoms with Gasteiger partial charge in [-0.1, -0.05) is 12.8 Å². The lowest BCUT2D eigenvalue weighted by molar-refractivity contribution is 0.0943. The standard InChI is InChI=1S/C12H19N3O2S/c1-8-13-6-9(18-8)7-14-12(17)15-10-4-2-3-5-11(10)16/h6,10-11,16H,2-5,7H2,1H3,(H2,14,15,17). The van der Waals surface area contributed by atoms with Crippen LogP contribution in [0.4, 0.5) is 4.79 Å². The minimum Gasteiger partial charge on any atom is -0.391 e. The van der Waals surface area contributed by atoms with E-state index >= 15 is 0 Å². The zero-order valence-electron chi connectivity index (χ0n) is 10.5. The van der Waals surface area contributed by atoms with Gasteiger partial charge in [0.05, 0.1) is 23.7 Å². The molecule has 1 aromatic heterocycles. The first-order valence-corrected chi connectivity index (χ1v) is 7.10. The van der Waals surface area contributed by atoms with Crippen molar-refractivity contribution >= 4 is 17.4 Å². The molecular formula is C12H19N3O2S. The van der Waals surface area contributed by atoms with Crippen LogP contribution < -0.4 is 10.6 Å². The van der Waals surface area contributed by atoms with Gasteiger partial charge in [-0.2, -0.15) is 0 Å². The van der Waals surface area contributed by atoms with Crippen molar-refractivity contribution in [3.63, 3.8) is 0 Å². The molecule has 1 aliphatic rings. The number of aliphatic hydroxyl groups is 1. The van der Waals surface area contributed by atoms with E-state index < -0.39 is 6.10 Å². The fraction of sp³-hybridized carbons (Fsp3) is 0.667. The number of carbonyl (C=O) groups excluding carboxylic acids is 1. The van der Waals surface area contributed by atoms with E-state index in [1.54, 1.807) is 17.5 Å². The van der Waals surface area contributed by atoms with Crippen LogP contribution in [0, 0.1) is 6.92 Å². The van der Waals surface area contributed by atoms with Crippen molar-refractivity contribution in [2.24, 2.45) is 0 Å². The second-order valence-electron chi connectivity index (χ2n) is 4.63. The molecule has 1 aromatic rings. The molecule has 3 N–H and O–H groups in total. The van der Waals surface area contributed by atoms with Crippen molar-refractivity contribution in [2.75, 3.05) is 0 Å². The molecule has 0 aromatic carbocycles. The molecule has 0 spiro atoms. The smallest absolute Gasteiger partial charge is 0.315 e. The van der Waals surface area contributed by atoms with Crippen LogP contribution in [-0.2, 0) is 6.54 Å². The van der Waals surface area contributed by atoms with Crippen LogP contribution in [-0.4, -0.2) is 28.3 Å². The van der Waals surface area contributed by atoms with Crippen LogP contribution in [0.1, 0.15) is 35.6 Å². The zero-order valence-corrected chi connectivity index (χ0v) is 11.3. The van der Waals surface area contributed by atoms with Crippen molar-refractivity contribution < 1.29 is 9.90 Å². The minimum absolute atomic E-state index is 0.109. The van der Waals surface area contributed by atoms with Gasteiger partial charge in [-0.25, -0.2) is 9.78 Å². The lowest BCUT2D eigenvalue weighted by atomic mass is 9.93. The Hall–Kier alpha value is -1.14. The maximum absolute atomic E-state index is 11.7. The summed E-state index contributed by atoms with van der Waals surface area (Å²) < 4.78 is 0. The number of rotatable bonds is 3. The van der Waals surface area contributed by atoms with Gasteiger partial charge in [0.1, 0.15) is 0 Å². The number of carbonyl (C=O) groups is 1. The number of amides is 2. The lowest BCUT2D eigenvalue weighted by Gasteiger charge is -2.28. The van der Waals surface area contributed by atoms with Gasteiger partial charge >= 0.3 is 6.03 Å². The Kier molecular flexibility index (Phi) is 4.54. The highest BCUT2D eigenvalue weighted by molar-refractivity contribution is 7.11. The molecule has 2 unspecified atom stereocenters. The molecule has 1 aliphatic carbocycles. The van der Waals surface area contributed by atoms with Crippen molar-refractivity contribution in [2.45, 2.75) is 51.3 Å². The summed E-state index contributed by atoms with van der Waals surface area (Å²) in [6.45, 7) is 2.42. The molecule has 1 fully saturated rings. The predicted molar refractivity (Wildman–Crippen MR) is 70.5 cm³/mol. The number of aliphatic hydroxyl groups excluding tert-OH is 1. The van der Waals surface area contributed by atoms with Crippen LogP contribution in [0.15, 0.2) is 6.20 Å². The third-order valence-corrected chi connectivity index (χ3v) is 4.05. The zero-order chi connectivity index (χ0) is 13.0. The summed E-state index contributed by atoms with van der Waals surface area (Å²) in [6, 6.07) is -0.325. The van der Waals surface area contributed by atoms with Gasteiger partial charge in [-0.3, -0.25) is 0 Å². The maximum atomic E-state index is 11.7. The van der Waals surface area contributed by atoms with Crippen LogP contribution in [0.25, 0.3) is 0 Å². The van der Waals surface area contributed by atoms with Gasteiger partial charge in [-0.05, 0) is 19.8 Å². The number of thiazole rings is 1. The SMILES string of the molecule is Cc1ncc(CNC(=O)NC2CCCCC2O)s1. The van der Waals surface area contributed by atoms with Crippen LogP contribution in [0.2, 0.25) is 0 Å². The molecule has 0 saturated heterocycles. The van der Waals surface area contributed by atoms with E-state index in [1.807, 2.05) is 6.92 Å². The number of urea groups is 1.